The second kappa shape index (κ2) is 6.59. The van der Waals surface area contributed by atoms with Gasteiger partial charge in [-0.3, -0.25) is 0 Å². The number of aliphatic hydroxyl groups excluding tert-OH is 1. The Hall–Kier alpha value is -1.10. The van der Waals surface area contributed by atoms with Gasteiger partial charge in [-0.05, 0) is 19.9 Å². The van der Waals surface area contributed by atoms with Crippen molar-refractivity contribution in [3.8, 4) is 5.75 Å². The van der Waals surface area contributed by atoms with Crippen LogP contribution >= 0.6 is 0 Å². The standard InChI is InChI=1S/C13H21NO3/c1-3-17-12-7-5-4-6-11(12)8-14-9-13(2,16)10-15/h4-7,14-16H,3,8-10H2,1-2H3. The molecule has 1 unspecified atom stereocenters. The number of hydrogen-bond donors (Lipinski definition) is 3. The van der Waals surface area contributed by atoms with E-state index in [4.69, 9.17) is 9.84 Å². The van der Waals surface area contributed by atoms with E-state index in [1.165, 1.54) is 0 Å². The van der Waals surface area contributed by atoms with E-state index in [1.54, 1.807) is 6.92 Å². The smallest absolute Gasteiger partial charge is 0.123 e. The maximum absolute atomic E-state index is 9.63. The molecule has 0 saturated heterocycles. The molecule has 0 fully saturated rings. The number of benzene rings is 1. The fourth-order valence-electron chi connectivity index (χ4n) is 1.47. The SMILES string of the molecule is CCOc1ccccc1CNCC(C)(O)CO. The predicted octanol–water partition coefficient (Wildman–Crippen LogP) is 0.918. The minimum absolute atomic E-state index is 0.257. The minimum Gasteiger partial charge on any atom is -0.494 e. The van der Waals surface area contributed by atoms with Crippen LogP contribution < -0.4 is 10.1 Å². The van der Waals surface area contributed by atoms with Crippen LogP contribution in [-0.2, 0) is 6.54 Å². The molecule has 0 aliphatic carbocycles. The number of rotatable bonds is 7. The van der Waals surface area contributed by atoms with Gasteiger partial charge in [-0.25, -0.2) is 0 Å². The van der Waals surface area contributed by atoms with Crippen LogP contribution in [-0.4, -0.2) is 35.6 Å². The Morgan fingerprint density at radius 2 is 2.06 bits per heavy atom. The van der Waals surface area contributed by atoms with Crippen LogP contribution in [0.2, 0.25) is 0 Å². The van der Waals surface area contributed by atoms with Crippen molar-refractivity contribution in [2.24, 2.45) is 0 Å². The van der Waals surface area contributed by atoms with Gasteiger partial charge in [0.15, 0.2) is 0 Å². The average molecular weight is 239 g/mol. The van der Waals surface area contributed by atoms with Crippen LogP contribution in [0.4, 0.5) is 0 Å². The first kappa shape index (κ1) is 14.0. The molecule has 0 bridgehead atoms. The van der Waals surface area contributed by atoms with E-state index in [0.29, 0.717) is 19.7 Å². The van der Waals surface area contributed by atoms with Crippen LogP contribution in [0.1, 0.15) is 19.4 Å². The zero-order chi connectivity index (χ0) is 12.7. The highest BCUT2D eigenvalue weighted by Crippen LogP contribution is 2.17. The summed E-state index contributed by atoms with van der Waals surface area (Å²) in [5.41, 5.74) is -0.0383. The van der Waals surface area contributed by atoms with Crippen molar-refractivity contribution in [3.63, 3.8) is 0 Å². The molecular weight excluding hydrogens is 218 g/mol. The second-order valence-corrected chi connectivity index (χ2v) is 4.30. The van der Waals surface area contributed by atoms with Crippen molar-refractivity contribution in [1.29, 1.82) is 0 Å². The molecule has 0 aliphatic rings. The Morgan fingerprint density at radius 1 is 1.35 bits per heavy atom. The fourth-order valence-corrected chi connectivity index (χ4v) is 1.47. The molecule has 0 amide bonds. The molecule has 0 saturated carbocycles. The van der Waals surface area contributed by atoms with Gasteiger partial charge in [0.2, 0.25) is 0 Å². The molecule has 17 heavy (non-hydrogen) atoms. The first-order valence-corrected chi connectivity index (χ1v) is 5.83. The summed E-state index contributed by atoms with van der Waals surface area (Å²) < 4.78 is 5.49. The zero-order valence-electron chi connectivity index (χ0n) is 10.4. The lowest BCUT2D eigenvalue weighted by Crippen LogP contribution is -2.40. The maximum Gasteiger partial charge on any atom is 0.123 e. The predicted molar refractivity (Wildman–Crippen MR) is 67.0 cm³/mol. The topological polar surface area (TPSA) is 61.7 Å². The van der Waals surface area contributed by atoms with Crippen molar-refractivity contribution in [3.05, 3.63) is 29.8 Å². The van der Waals surface area contributed by atoms with Gasteiger partial charge < -0.3 is 20.3 Å². The van der Waals surface area contributed by atoms with Gasteiger partial charge in [-0.15, -0.1) is 0 Å². The summed E-state index contributed by atoms with van der Waals surface area (Å²) in [6.07, 6.45) is 0. The van der Waals surface area contributed by atoms with Crippen molar-refractivity contribution >= 4 is 0 Å². The van der Waals surface area contributed by atoms with Gasteiger partial charge in [0.05, 0.1) is 18.8 Å². The number of nitrogens with one attached hydrogen (secondary N) is 1. The number of aliphatic hydroxyl groups is 2. The highest BCUT2D eigenvalue weighted by Gasteiger charge is 2.18. The monoisotopic (exact) mass is 239 g/mol. The van der Waals surface area contributed by atoms with Gasteiger partial charge in [0, 0.05) is 18.7 Å². The summed E-state index contributed by atoms with van der Waals surface area (Å²) in [6.45, 7) is 4.85. The van der Waals surface area contributed by atoms with Crippen LogP contribution in [0.3, 0.4) is 0 Å². The average Bonchev–Trinajstić information content (AvgIpc) is 2.31. The van der Waals surface area contributed by atoms with E-state index in [0.717, 1.165) is 11.3 Å². The Labute approximate surface area is 102 Å². The number of para-hydroxylation sites is 1. The Balaban J connectivity index is 2.51. The molecule has 0 radical (unpaired) electrons. The van der Waals surface area contributed by atoms with Crippen molar-refractivity contribution in [1.82, 2.24) is 5.32 Å². The van der Waals surface area contributed by atoms with Gasteiger partial charge in [0.1, 0.15) is 5.75 Å². The molecule has 0 aromatic heterocycles. The second-order valence-electron chi connectivity index (χ2n) is 4.30. The summed E-state index contributed by atoms with van der Waals surface area (Å²) in [5, 5.41) is 21.6. The van der Waals surface area contributed by atoms with E-state index >= 15 is 0 Å². The molecule has 1 atom stereocenters. The molecule has 3 N–H and O–H groups in total. The van der Waals surface area contributed by atoms with Crippen LogP contribution in [0, 0.1) is 0 Å². The van der Waals surface area contributed by atoms with Crippen LogP contribution in [0.25, 0.3) is 0 Å². The highest BCUT2D eigenvalue weighted by molar-refractivity contribution is 5.33. The largest absolute Gasteiger partial charge is 0.494 e. The van der Waals surface area contributed by atoms with E-state index in [1.807, 2.05) is 31.2 Å². The number of ether oxygens (including phenoxy) is 1. The lowest BCUT2D eigenvalue weighted by Gasteiger charge is -2.21. The van der Waals surface area contributed by atoms with E-state index in [9.17, 15) is 5.11 Å². The molecule has 0 spiro atoms. The van der Waals surface area contributed by atoms with Gasteiger partial charge in [-0.1, -0.05) is 18.2 Å². The molecule has 1 aromatic rings. The Kier molecular flexibility index (Phi) is 5.41. The van der Waals surface area contributed by atoms with E-state index in [-0.39, 0.29) is 6.61 Å². The van der Waals surface area contributed by atoms with Gasteiger partial charge in [0.25, 0.3) is 0 Å². The summed E-state index contributed by atoms with van der Waals surface area (Å²) in [6, 6.07) is 7.78. The van der Waals surface area contributed by atoms with Crippen molar-refractivity contribution in [2.45, 2.75) is 26.0 Å². The fraction of sp³-hybridized carbons (Fsp3) is 0.538. The zero-order valence-corrected chi connectivity index (χ0v) is 10.4. The van der Waals surface area contributed by atoms with Gasteiger partial charge >= 0.3 is 0 Å². The summed E-state index contributed by atoms with van der Waals surface area (Å²) in [7, 11) is 0. The Morgan fingerprint density at radius 3 is 2.71 bits per heavy atom. The molecular formula is C13H21NO3. The van der Waals surface area contributed by atoms with E-state index in [2.05, 4.69) is 5.32 Å². The molecule has 96 valence electrons. The molecule has 0 aliphatic heterocycles. The van der Waals surface area contributed by atoms with Crippen LogP contribution in [0.5, 0.6) is 5.75 Å². The quantitative estimate of drug-likeness (QED) is 0.662. The Bertz CT molecular complexity index is 339. The van der Waals surface area contributed by atoms with Crippen molar-refractivity contribution < 1.29 is 14.9 Å². The third kappa shape index (κ3) is 4.73. The lowest BCUT2D eigenvalue weighted by atomic mass is 10.1. The molecule has 0 heterocycles. The summed E-state index contributed by atoms with van der Waals surface area (Å²) in [5.74, 6) is 0.853. The highest BCUT2D eigenvalue weighted by atomic mass is 16.5. The molecule has 4 heteroatoms. The third-order valence-corrected chi connectivity index (χ3v) is 2.43. The maximum atomic E-state index is 9.63. The molecule has 1 aromatic carbocycles. The summed E-state index contributed by atoms with van der Waals surface area (Å²) in [4.78, 5) is 0. The first-order valence-electron chi connectivity index (χ1n) is 5.83. The van der Waals surface area contributed by atoms with E-state index < -0.39 is 5.60 Å². The normalized spacial score (nSPS) is 14.4. The van der Waals surface area contributed by atoms with Crippen LogP contribution in [0.15, 0.2) is 24.3 Å². The number of hydrogen-bond acceptors (Lipinski definition) is 4. The third-order valence-electron chi connectivity index (χ3n) is 2.43. The minimum atomic E-state index is -1.08. The lowest BCUT2D eigenvalue weighted by molar-refractivity contribution is 0.00250. The first-order chi connectivity index (χ1) is 8.09. The summed E-state index contributed by atoms with van der Waals surface area (Å²) >= 11 is 0. The molecule has 4 nitrogen and oxygen atoms in total. The molecule has 1 rings (SSSR count). The van der Waals surface area contributed by atoms with Crippen molar-refractivity contribution in [2.75, 3.05) is 19.8 Å². The van der Waals surface area contributed by atoms with Gasteiger partial charge in [-0.2, -0.15) is 0 Å².